The molecule has 2 aromatic rings. The van der Waals surface area contributed by atoms with Crippen LogP contribution in [0.3, 0.4) is 0 Å². The van der Waals surface area contributed by atoms with Crippen molar-refractivity contribution in [1.29, 1.82) is 0 Å². The van der Waals surface area contributed by atoms with E-state index in [4.69, 9.17) is 4.74 Å². The highest BCUT2D eigenvalue weighted by molar-refractivity contribution is 7.08. The zero-order chi connectivity index (χ0) is 15.3. The van der Waals surface area contributed by atoms with Crippen LogP contribution in [0.4, 0.5) is 0 Å². The van der Waals surface area contributed by atoms with Crippen LogP contribution in [0.1, 0.15) is 31.2 Å². The molecule has 1 aliphatic carbocycles. The highest BCUT2D eigenvalue weighted by Gasteiger charge is 2.36. The molecule has 1 amide bonds. The Bertz CT molecular complexity index is 589. The van der Waals surface area contributed by atoms with Gasteiger partial charge >= 0.3 is 0 Å². The van der Waals surface area contributed by atoms with Crippen LogP contribution < -0.4 is 10.1 Å². The topological polar surface area (TPSA) is 38.3 Å². The Morgan fingerprint density at radius 2 is 1.95 bits per heavy atom. The zero-order valence-electron chi connectivity index (χ0n) is 12.6. The molecule has 0 unspecified atom stereocenters. The van der Waals surface area contributed by atoms with Crippen LogP contribution >= 0.6 is 11.3 Å². The van der Waals surface area contributed by atoms with Gasteiger partial charge in [0, 0.05) is 12.0 Å². The molecule has 1 aromatic heterocycles. The largest absolute Gasteiger partial charge is 0.484 e. The van der Waals surface area contributed by atoms with E-state index in [0.29, 0.717) is 6.54 Å². The SMILES string of the molecule is O=C(COc1ccccc1)NCC1(c2ccsc2)CCCC1. The van der Waals surface area contributed by atoms with E-state index >= 15 is 0 Å². The lowest BCUT2D eigenvalue weighted by Crippen LogP contribution is -2.40. The number of ether oxygens (including phenoxy) is 1. The van der Waals surface area contributed by atoms with Gasteiger partial charge in [0.05, 0.1) is 0 Å². The second kappa shape index (κ2) is 6.97. The predicted octanol–water partition coefficient (Wildman–Crippen LogP) is 3.76. The molecule has 116 valence electrons. The molecule has 22 heavy (non-hydrogen) atoms. The highest BCUT2D eigenvalue weighted by atomic mass is 32.1. The maximum Gasteiger partial charge on any atom is 0.257 e. The standard InChI is InChI=1S/C18H21NO2S/c20-17(12-21-16-6-2-1-3-7-16)19-14-18(9-4-5-10-18)15-8-11-22-13-15/h1-3,6-8,11,13H,4-5,9-10,12,14H2,(H,19,20). The first-order valence-corrected chi connectivity index (χ1v) is 8.70. The Labute approximate surface area is 135 Å². The fourth-order valence-corrected chi connectivity index (χ4v) is 3.95. The van der Waals surface area contributed by atoms with Crippen LogP contribution in [-0.4, -0.2) is 19.1 Å². The Morgan fingerprint density at radius 3 is 2.64 bits per heavy atom. The third kappa shape index (κ3) is 3.50. The van der Waals surface area contributed by atoms with Crippen LogP contribution in [0.15, 0.2) is 47.2 Å². The van der Waals surface area contributed by atoms with E-state index in [1.54, 1.807) is 11.3 Å². The summed E-state index contributed by atoms with van der Waals surface area (Å²) in [6, 6.07) is 11.6. The van der Waals surface area contributed by atoms with Crippen molar-refractivity contribution in [3.63, 3.8) is 0 Å². The van der Waals surface area contributed by atoms with Crippen LogP contribution in [0.2, 0.25) is 0 Å². The van der Waals surface area contributed by atoms with Crippen molar-refractivity contribution in [2.24, 2.45) is 0 Å². The minimum Gasteiger partial charge on any atom is -0.484 e. The molecule has 1 aromatic carbocycles. The minimum atomic E-state index is -0.0506. The maximum absolute atomic E-state index is 12.1. The van der Waals surface area contributed by atoms with Crippen molar-refractivity contribution in [2.45, 2.75) is 31.1 Å². The van der Waals surface area contributed by atoms with Gasteiger partial charge in [-0.05, 0) is 47.4 Å². The summed E-state index contributed by atoms with van der Waals surface area (Å²) >= 11 is 1.73. The second-order valence-electron chi connectivity index (χ2n) is 5.88. The van der Waals surface area contributed by atoms with Gasteiger partial charge in [0.1, 0.15) is 5.75 Å². The van der Waals surface area contributed by atoms with Gasteiger partial charge in [-0.25, -0.2) is 0 Å². The summed E-state index contributed by atoms with van der Waals surface area (Å²) in [6.07, 6.45) is 4.80. The monoisotopic (exact) mass is 315 g/mol. The molecule has 0 aliphatic heterocycles. The lowest BCUT2D eigenvalue weighted by molar-refractivity contribution is -0.123. The molecule has 0 atom stereocenters. The molecule has 1 aliphatic rings. The molecule has 3 rings (SSSR count). The van der Waals surface area contributed by atoms with Crippen LogP contribution in [0.25, 0.3) is 0 Å². The van der Waals surface area contributed by atoms with Gasteiger partial charge in [0.25, 0.3) is 5.91 Å². The average Bonchev–Trinajstić information content (AvgIpc) is 3.24. The number of amides is 1. The smallest absolute Gasteiger partial charge is 0.257 e. The summed E-state index contributed by atoms with van der Waals surface area (Å²) in [4.78, 5) is 12.1. The first kappa shape index (κ1) is 15.1. The van der Waals surface area contributed by atoms with Gasteiger partial charge < -0.3 is 10.1 Å². The molecule has 0 radical (unpaired) electrons. The quantitative estimate of drug-likeness (QED) is 0.881. The van der Waals surface area contributed by atoms with Crippen molar-refractivity contribution in [1.82, 2.24) is 5.32 Å². The fraction of sp³-hybridized carbons (Fsp3) is 0.389. The van der Waals surface area contributed by atoms with Crippen molar-refractivity contribution in [3.8, 4) is 5.75 Å². The van der Waals surface area contributed by atoms with E-state index in [2.05, 4.69) is 22.1 Å². The van der Waals surface area contributed by atoms with Crippen molar-refractivity contribution in [2.75, 3.05) is 13.2 Å². The van der Waals surface area contributed by atoms with Gasteiger partial charge in [0.15, 0.2) is 6.61 Å². The molecule has 1 saturated carbocycles. The number of nitrogens with one attached hydrogen (secondary N) is 1. The summed E-state index contributed by atoms with van der Waals surface area (Å²) in [5, 5.41) is 7.41. The molecule has 1 N–H and O–H groups in total. The van der Waals surface area contributed by atoms with Gasteiger partial charge in [-0.2, -0.15) is 11.3 Å². The molecule has 4 heteroatoms. The number of carbonyl (C=O) groups is 1. The maximum atomic E-state index is 12.1. The number of rotatable bonds is 6. The number of benzene rings is 1. The summed E-state index contributed by atoms with van der Waals surface area (Å²) in [5.74, 6) is 0.677. The van der Waals surface area contributed by atoms with E-state index in [-0.39, 0.29) is 17.9 Å². The van der Waals surface area contributed by atoms with Crippen LogP contribution in [0, 0.1) is 0 Å². The molecule has 1 fully saturated rings. The van der Waals surface area contributed by atoms with E-state index in [1.165, 1.54) is 18.4 Å². The lowest BCUT2D eigenvalue weighted by atomic mass is 9.80. The highest BCUT2D eigenvalue weighted by Crippen LogP contribution is 2.41. The van der Waals surface area contributed by atoms with Gasteiger partial charge in [-0.3, -0.25) is 4.79 Å². The molecule has 0 bridgehead atoms. The van der Waals surface area contributed by atoms with Crippen molar-refractivity contribution in [3.05, 3.63) is 52.7 Å². The first-order chi connectivity index (χ1) is 10.8. The third-order valence-corrected chi connectivity index (χ3v) is 5.11. The number of hydrogen-bond acceptors (Lipinski definition) is 3. The van der Waals surface area contributed by atoms with Gasteiger partial charge in [-0.1, -0.05) is 31.0 Å². The van der Waals surface area contributed by atoms with Crippen molar-refractivity contribution < 1.29 is 9.53 Å². The fourth-order valence-electron chi connectivity index (χ4n) is 3.17. The molecule has 0 spiro atoms. The first-order valence-electron chi connectivity index (χ1n) is 7.76. The second-order valence-corrected chi connectivity index (χ2v) is 6.66. The van der Waals surface area contributed by atoms with Gasteiger partial charge in [0.2, 0.25) is 0 Å². The summed E-state index contributed by atoms with van der Waals surface area (Å²) in [7, 11) is 0. The molecular weight excluding hydrogens is 294 g/mol. The molecule has 1 heterocycles. The predicted molar refractivity (Wildman–Crippen MR) is 89.4 cm³/mol. The van der Waals surface area contributed by atoms with Crippen LogP contribution in [-0.2, 0) is 10.2 Å². The summed E-state index contributed by atoms with van der Waals surface area (Å²) in [5.41, 5.74) is 1.50. The Balaban J connectivity index is 1.53. The normalized spacial score (nSPS) is 16.4. The van der Waals surface area contributed by atoms with Crippen LogP contribution in [0.5, 0.6) is 5.75 Å². The number of para-hydroxylation sites is 1. The lowest BCUT2D eigenvalue weighted by Gasteiger charge is -2.28. The summed E-state index contributed by atoms with van der Waals surface area (Å²) in [6.45, 7) is 0.782. The van der Waals surface area contributed by atoms with Crippen molar-refractivity contribution >= 4 is 17.2 Å². The summed E-state index contributed by atoms with van der Waals surface area (Å²) < 4.78 is 5.50. The van der Waals surface area contributed by atoms with E-state index in [9.17, 15) is 4.79 Å². The molecule has 3 nitrogen and oxygen atoms in total. The number of hydrogen-bond donors (Lipinski definition) is 1. The van der Waals surface area contributed by atoms with E-state index in [0.717, 1.165) is 18.6 Å². The molecule has 0 saturated heterocycles. The number of carbonyl (C=O) groups excluding carboxylic acids is 1. The van der Waals surface area contributed by atoms with E-state index in [1.807, 2.05) is 30.3 Å². The Hall–Kier alpha value is -1.81. The zero-order valence-corrected chi connectivity index (χ0v) is 13.4. The Kier molecular flexibility index (Phi) is 4.78. The molecular formula is C18H21NO2S. The third-order valence-electron chi connectivity index (χ3n) is 4.43. The Morgan fingerprint density at radius 1 is 1.18 bits per heavy atom. The van der Waals surface area contributed by atoms with E-state index < -0.39 is 0 Å². The van der Waals surface area contributed by atoms with Gasteiger partial charge in [-0.15, -0.1) is 0 Å². The minimum absolute atomic E-state index is 0.0506. The number of thiophene rings is 1. The average molecular weight is 315 g/mol.